The average Bonchev–Trinajstić information content (AvgIpc) is 2.60. The number of aromatic nitrogens is 2. The zero-order valence-corrected chi connectivity index (χ0v) is 9.08. The molecule has 1 N–H and O–H groups in total. The maximum absolute atomic E-state index is 4.64. The van der Waals surface area contributed by atoms with Gasteiger partial charge in [0.1, 0.15) is 5.82 Å². The van der Waals surface area contributed by atoms with Gasteiger partial charge in [-0.2, -0.15) is 0 Å². The van der Waals surface area contributed by atoms with Crippen LogP contribution < -0.4 is 5.32 Å². The van der Waals surface area contributed by atoms with Crippen molar-refractivity contribution in [3.05, 3.63) is 17.7 Å². The number of fused-ring (bicyclic) bond motifs is 1. The molecule has 1 aliphatic heterocycles. The first kappa shape index (κ1) is 9.71. The van der Waals surface area contributed by atoms with Gasteiger partial charge in [0.05, 0.1) is 5.69 Å². The summed E-state index contributed by atoms with van der Waals surface area (Å²) in [5.74, 6) is 2.06. The van der Waals surface area contributed by atoms with Gasteiger partial charge >= 0.3 is 0 Å². The van der Waals surface area contributed by atoms with Gasteiger partial charge in [-0.15, -0.1) is 0 Å². The molecule has 1 aliphatic rings. The number of aryl methyl sites for hydroxylation is 2. The van der Waals surface area contributed by atoms with E-state index < -0.39 is 0 Å². The van der Waals surface area contributed by atoms with Crippen LogP contribution in [0, 0.1) is 5.92 Å². The molecule has 1 atom stereocenters. The zero-order chi connectivity index (χ0) is 9.97. The van der Waals surface area contributed by atoms with Gasteiger partial charge in [0.25, 0.3) is 0 Å². The molecule has 0 aromatic carbocycles. The highest BCUT2D eigenvalue weighted by Gasteiger charge is 2.19. The summed E-state index contributed by atoms with van der Waals surface area (Å²) in [6.45, 7) is 4.43. The van der Waals surface area contributed by atoms with Crippen LogP contribution in [-0.2, 0) is 19.4 Å². The molecule has 1 unspecified atom stereocenters. The van der Waals surface area contributed by atoms with E-state index in [-0.39, 0.29) is 0 Å². The van der Waals surface area contributed by atoms with Crippen molar-refractivity contribution >= 4 is 0 Å². The van der Waals surface area contributed by atoms with Crippen LogP contribution >= 0.6 is 0 Å². The normalized spacial score (nSPS) is 20.9. The van der Waals surface area contributed by atoms with E-state index in [1.807, 2.05) is 7.05 Å². The van der Waals surface area contributed by atoms with E-state index in [1.165, 1.54) is 17.9 Å². The van der Waals surface area contributed by atoms with Crippen molar-refractivity contribution in [2.75, 3.05) is 13.6 Å². The molecule has 1 aromatic rings. The van der Waals surface area contributed by atoms with Crippen molar-refractivity contribution < 1.29 is 0 Å². The van der Waals surface area contributed by atoms with Gasteiger partial charge in [0.2, 0.25) is 0 Å². The van der Waals surface area contributed by atoms with Gasteiger partial charge in [-0.1, -0.05) is 6.92 Å². The molecule has 2 rings (SSSR count). The smallest absolute Gasteiger partial charge is 0.109 e. The molecule has 0 radical (unpaired) electrons. The standard InChI is InChI=1S/C11H19N3/c1-3-10-8-14-5-4-9(7-12-2)6-11(14)13-10/h8-9,12H,3-7H2,1-2H3. The van der Waals surface area contributed by atoms with Crippen molar-refractivity contribution in [1.29, 1.82) is 0 Å². The number of rotatable bonds is 3. The van der Waals surface area contributed by atoms with Crippen LogP contribution in [0.2, 0.25) is 0 Å². The van der Waals surface area contributed by atoms with Crippen LogP contribution in [0.4, 0.5) is 0 Å². The average molecular weight is 193 g/mol. The number of hydrogen-bond acceptors (Lipinski definition) is 2. The second-order valence-corrected chi connectivity index (χ2v) is 4.11. The van der Waals surface area contributed by atoms with Crippen molar-refractivity contribution in [3.8, 4) is 0 Å². The molecule has 2 heterocycles. The molecular weight excluding hydrogens is 174 g/mol. The van der Waals surface area contributed by atoms with Crippen LogP contribution in [0.1, 0.15) is 24.9 Å². The van der Waals surface area contributed by atoms with Gasteiger partial charge in [0, 0.05) is 19.2 Å². The highest BCUT2D eigenvalue weighted by molar-refractivity contribution is 5.07. The fourth-order valence-electron chi connectivity index (χ4n) is 2.18. The Morgan fingerprint density at radius 1 is 1.64 bits per heavy atom. The summed E-state index contributed by atoms with van der Waals surface area (Å²) in [6.07, 6.45) is 5.69. The quantitative estimate of drug-likeness (QED) is 0.782. The summed E-state index contributed by atoms with van der Waals surface area (Å²) >= 11 is 0. The highest BCUT2D eigenvalue weighted by atomic mass is 15.1. The lowest BCUT2D eigenvalue weighted by Gasteiger charge is -2.22. The first-order chi connectivity index (χ1) is 6.83. The van der Waals surface area contributed by atoms with Gasteiger partial charge in [-0.05, 0) is 32.4 Å². The summed E-state index contributed by atoms with van der Waals surface area (Å²) in [5, 5.41) is 3.25. The second kappa shape index (κ2) is 4.13. The van der Waals surface area contributed by atoms with Gasteiger partial charge in [0.15, 0.2) is 0 Å². The SMILES string of the molecule is CCc1cn2c(n1)CC(CNC)CC2. The topological polar surface area (TPSA) is 29.9 Å². The van der Waals surface area contributed by atoms with E-state index in [0.29, 0.717) is 0 Å². The number of nitrogens with zero attached hydrogens (tertiary/aromatic N) is 2. The molecule has 78 valence electrons. The van der Waals surface area contributed by atoms with Crippen LogP contribution in [-0.4, -0.2) is 23.1 Å². The third kappa shape index (κ3) is 1.82. The van der Waals surface area contributed by atoms with E-state index in [2.05, 4.69) is 28.0 Å². The van der Waals surface area contributed by atoms with Gasteiger partial charge in [-0.3, -0.25) is 0 Å². The molecule has 3 nitrogen and oxygen atoms in total. The molecule has 0 amide bonds. The van der Waals surface area contributed by atoms with Crippen molar-refractivity contribution in [1.82, 2.24) is 14.9 Å². The minimum absolute atomic E-state index is 0.777. The van der Waals surface area contributed by atoms with E-state index >= 15 is 0 Å². The Labute approximate surface area is 85.5 Å². The Morgan fingerprint density at radius 2 is 2.50 bits per heavy atom. The van der Waals surface area contributed by atoms with Crippen molar-refractivity contribution in [2.45, 2.75) is 32.7 Å². The third-order valence-electron chi connectivity index (χ3n) is 3.01. The first-order valence-electron chi connectivity index (χ1n) is 5.53. The van der Waals surface area contributed by atoms with E-state index in [1.54, 1.807) is 0 Å². The first-order valence-corrected chi connectivity index (χ1v) is 5.53. The molecule has 3 heteroatoms. The molecule has 0 saturated heterocycles. The summed E-state index contributed by atoms with van der Waals surface area (Å²) in [5.41, 5.74) is 1.24. The van der Waals surface area contributed by atoms with Crippen LogP contribution in [0.15, 0.2) is 6.20 Å². The largest absolute Gasteiger partial charge is 0.335 e. The molecule has 0 spiro atoms. The summed E-state index contributed by atoms with van der Waals surface area (Å²) in [7, 11) is 2.03. The lowest BCUT2D eigenvalue weighted by molar-refractivity contribution is 0.372. The van der Waals surface area contributed by atoms with Crippen LogP contribution in [0.5, 0.6) is 0 Å². The van der Waals surface area contributed by atoms with E-state index in [0.717, 1.165) is 31.8 Å². The second-order valence-electron chi connectivity index (χ2n) is 4.11. The highest BCUT2D eigenvalue weighted by Crippen LogP contribution is 2.19. The minimum atomic E-state index is 0.777. The fraction of sp³-hybridized carbons (Fsp3) is 0.727. The minimum Gasteiger partial charge on any atom is -0.335 e. The Morgan fingerprint density at radius 3 is 3.21 bits per heavy atom. The number of hydrogen-bond donors (Lipinski definition) is 1. The lowest BCUT2D eigenvalue weighted by Crippen LogP contribution is -2.27. The maximum Gasteiger partial charge on any atom is 0.109 e. The molecule has 0 saturated carbocycles. The molecular formula is C11H19N3. The van der Waals surface area contributed by atoms with Crippen molar-refractivity contribution in [2.24, 2.45) is 5.92 Å². The monoisotopic (exact) mass is 193 g/mol. The fourth-order valence-corrected chi connectivity index (χ4v) is 2.18. The summed E-state index contributed by atoms with van der Waals surface area (Å²) in [6, 6.07) is 0. The summed E-state index contributed by atoms with van der Waals surface area (Å²) < 4.78 is 2.32. The zero-order valence-electron chi connectivity index (χ0n) is 9.08. The van der Waals surface area contributed by atoms with E-state index in [4.69, 9.17) is 0 Å². The predicted octanol–water partition coefficient (Wildman–Crippen LogP) is 1.23. The Bertz CT molecular complexity index is 303. The molecule has 0 fully saturated rings. The molecule has 1 aromatic heterocycles. The van der Waals surface area contributed by atoms with Gasteiger partial charge < -0.3 is 9.88 Å². The maximum atomic E-state index is 4.64. The summed E-state index contributed by atoms with van der Waals surface area (Å²) in [4.78, 5) is 4.64. The van der Waals surface area contributed by atoms with Gasteiger partial charge in [-0.25, -0.2) is 4.98 Å². The lowest BCUT2D eigenvalue weighted by atomic mass is 9.98. The number of nitrogens with one attached hydrogen (secondary N) is 1. The Balaban J connectivity index is 2.09. The third-order valence-corrected chi connectivity index (χ3v) is 3.01. The van der Waals surface area contributed by atoms with E-state index in [9.17, 15) is 0 Å². The Hall–Kier alpha value is -0.830. The molecule has 0 bridgehead atoms. The molecule has 0 aliphatic carbocycles. The van der Waals surface area contributed by atoms with Crippen LogP contribution in [0.25, 0.3) is 0 Å². The predicted molar refractivity (Wildman–Crippen MR) is 57.3 cm³/mol. The molecule has 14 heavy (non-hydrogen) atoms. The van der Waals surface area contributed by atoms with Crippen LogP contribution in [0.3, 0.4) is 0 Å². The Kier molecular flexibility index (Phi) is 2.87. The van der Waals surface area contributed by atoms with Crippen molar-refractivity contribution in [3.63, 3.8) is 0 Å². The number of imidazole rings is 1.